The monoisotopic (exact) mass is 226 g/mol. The minimum atomic E-state index is -0.797. The van der Waals surface area contributed by atoms with Crippen molar-refractivity contribution in [1.29, 1.82) is 0 Å². The Hall–Kier alpha value is -1.00. The summed E-state index contributed by atoms with van der Waals surface area (Å²) in [6, 6.07) is 4.37. The molecule has 1 aliphatic rings. The molecular formula is C12H16F2N2. The van der Waals surface area contributed by atoms with Gasteiger partial charge in [-0.2, -0.15) is 0 Å². The van der Waals surface area contributed by atoms with Crippen LogP contribution < -0.4 is 5.73 Å². The van der Waals surface area contributed by atoms with Crippen LogP contribution in [0.2, 0.25) is 0 Å². The van der Waals surface area contributed by atoms with E-state index in [0.717, 1.165) is 25.1 Å². The number of nitrogens with two attached hydrogens (primary N) is 1. The molecule has 0 amide bonds. The Bertz CT molecular complexity index is 381. The van der Waals surface area contributed by atoms with E-state index in [-0.39, 0.29) is 12.1 Å². The van der Waals surface area contributed by atoms with Gasteiger partial charge >= 0.3 is 0 Å². The predicted molar refractivity (Wildman–Crippen MR) is 58.9 cm³/mol. The third kappa shape index (κ3) is 2.23. The Morgan fingerprint density at radius 2 is 2.12 bits per heavy atom. The Morgan fingerprint density at radius 3 is 2.69 bits per heavy atom. The molecule has 0 aliphatic carbocycles. The van der Waals surface area contributed by atoms with Gasteiger partial charge in [-0.3, -0.25) is 4.90 Å². The zero-order valence-electron chi connectivity index (χ0n) is 9.29. The second kappa shape index (κ2) is 4.47. The van der Waals surface area contributed by atoms with Gasteiger partial charge < -0.3 is 5.73 Å². The summed E-state index contributed by atoms with van der Waals surface area (Å²) in [6.07, 6.45) is 0.966. The molecule has 2 rings (SSSR count). The Balaban J connectivity index is 2.14. The van der Waals surface area contributed by atoms with Crippen LogP contribution in [0.4, 0.5) is 8.78 Å². The summed E-state index contributed by atoms with van der Waals surface area (Å²) in [4.78, 5) is 2.19. The van der Waals surface area contributed by atoms with Crippen LogP contribution in [0.5, 0.6) is 0 Å². The standard InChI is InChI=1S/C12H16F2N2/c1-8(16-5-4-10(15)7-16)9-2-3-11(13)12(14)6-9/h2-3,6,8,10H,4-5,7,15H2,1H3. The van der Waals surface area contributed by atoms with Crippen LogP contribution in [0.1, 0.15) is 24.9 Å². The van der Waals surface area contributed by atoms with Gasteiger partial charge in [-0.25, -0.2) is 8.78 Å². The van der Waals surface area contributed by atoms with Crippen molar-refractivity contribution in [2.45, 2.75) is 25.4 Å². The molecule has 1 saturated heterocycles. The van der Waals surface area contributed by atoms with Crippen LogP contribution in [0.25, 0.3) is 0 Å². The van der Waals surface area contributed by atoms with Gasteiger partial charge in [-0.1, -0.05) is 6.07 Å². The van der Waals surface area contributed by atoms with E-state index in [0.29, 0.717) is 0 Å². The average molecular weight is 226 g/mol. The van der Waals surface area contributed by atoms with Gasteiger partial charge in [-0.15, -0.1) is 0 Å². The maximum absolute atomic E-state index is 13.1. The highest BCUT2D eigenvalue weighted by molar-refractivity contribution is 5.21. The molecule has 0 aromatic heterocycles. The third-order valence-corrected chi connectivity index (χ3v) is 3.23. The molecule has 1 aliphatic heterocycles. The molecule has 0 radical (unpaired) electrons. The van der Waals surface area contributed by atoms with Crippen molar-refractivity contribution < 1.29 is 8.78 Å². The lowest BCUT2D eigenvalue weighted by Gasteiger charge is -2.24. The minimum absolute atomic E-state index is 0.0867. The Morgan fingerprint density at radius 1 is 1.38 bits per heavy atom. The van der Waals surface area contributed by atoms with Crippen molar-refractivity contribution in [3.05, 3.63) is 35.4 Å². The lowest BCUT2D eigenvalue weighted by Crippen LogP contribution is -2.28. The van der Waals surface area contributed by atoms with Gasteiger partial charge in [0, 0.05) is 25.2 Å². The first-order valence-corrected chi connectivity index (χ1v) is 5.52. The van der Waals surface area contributed by atoms with Crippen molar-refractivity contribution in [3.63, 3.8) is 0 Å². The largest absolute Gasteiger partial charge is 0.326 e. The third-order valence-electron chi connectivity index (χ3n) is 3.23. The van der Waals surface area contributed by atoms with Crippen molar-refractivity contribution in [3.8, 4) is 0 Å². The van der Waals surface area contributed by atoms with Gasteiger partial charge in [0.2, 0.25) is 0 Å². The van der Waals surface area contributed by atoms with Crippen LogP contribution in [0.3, 0.4) is 0 Å². The SMILES string of the molecule is CC(c1ccc(F)c(F)c1)N1CCC(N)C1. The molecule has 1 aromatic rings. The summed E-state index contributed by atoms with van der Waals surface area (Å²) in [5, 5.41) is 0. The van der Waals surface area contributed by atoms with Crippen molar-refractivity contribution >= 4 is 0 Å². The minimum Gasteiger partial charge on any atom is -0.326 e. The maximum atomic E-state index is 13.1. The van der Waals surface area contributed by atoms with E-state index in [1.54, 1.807) is 6.07 Å². The smallest absolute Gasteiger partial charge is 0.159 e. The highest BCUT2D eigenvalue weighted by Gasteiger charge is 2.24. The molecule has 1 heterocycles. The fourth-order valence-corrected chi connectivity index (χ4v) is 2.15. The Labute approximate surface area is 94.0 Å². The van der Waals surface area contributed by atoms with E-state index >= 15 is 0 Å². The summed E-state index contributed by atoms with van der Waals surface area (Å²) in [5.74, 6) is -1.58. The zero-order chi connectivity index (χ0) is 11.7. The maximum Gasteiger partial charge on any atom is 0.159 e. The quantitative estimate of drug-likeness (QED) is 0.836. The first-order valence-electron chi connectivity index (χ1n) is 5.52. The van der Waals surface area contributed by atoms with E-state index in [1.807, 2.05) is 6.92 Å². The van der Waals surface area contributed by atoms with Crippen LogP contribution in [-0.2, 0) is 0 Å². The summed E-state index contributed by atoms with van der Waals surface area (Å²) < 4.78 is 25.9. The molecule has 2 N–H and O–H groups in total. The van der Waals surface area contributed by atoms with Gasteiger partial charge in [0.25, 0.3) is 0 Å². The first kappa shape index (κ1) is 11.5. The topological polar surface area (TPSA) is 29.3 Å². The van der Waals surface area contributed by atoms with Gasteiger partial charge in [0.1, 0.15) is 0 Å². The number of rotatable bonds is 2. The average Bonchev–Trinajstić information content (AvgIpc) is 2.68. The molecule has 2 unspecified atom stereocenters. The molecule has 2 atom stereocenters. The number of nitrogens with zero attached hydrogens (tertiary/aromatic N) is 1. The predicted octanol–water partition coefficient (Wildman–Crippen LogP) is 2.06. The zero-order valence-corrected chi connectivity index (χ0v) is 9.29. The molecule has 88 valence electrons. The number of hydrogen-bond donors (Lipinski definition) is 1. The molecule has 0 saturated carbocycles. The van der Waals surface area contributed by atoms with E-state index in [2.05, 4.69) is 4.90 Å². The number of benzene rings is 1. The van der Waals surface area contributed by atoms with Crippen LogP contribution in [0.15, 0.2) is 18.2 Å². The molecule has 0 spiro atoms. The normalized spacial score (nSPS) is 23.6. The Kier molecular flexibility index (Phi) is 3.21. The van der Waals surface area contributed by atoms with E-state index in [9.17, 15) is 8.78 Å². The molecule has 0 bridgehead atoms. The molecular weight excluding hydrogens is 210 g/mol. The second-order valence-corrected chi connectivity index (χ2v) is 4.39. The lowest BCUT2D eigenvalue weighted by molar-refractivity contribution is 0.259. The van der Waals surface area contributed by atoms with Crippen LogP contribution in [-0.4, -0.2) is 24.0 Å². The van der Waals surface area contributed by atoms with Gasteiger partial charge in [0.15, 0.2) is 11.6 Å². The summed E-state index contributed by atoms with van der Waals surface area (Å²) in [5.41, 5.74) is 6.62. The summed E-state index contributed by atoms with van der Waals surface area (Å²) in [7, 11) is 0. The number of likely N-dealkylation sites (tertiary alicyclic amines) is 1. The fraction of sp³-hybridized carbons (Fsp3) is 0.500. The van der Waals surface area contributed by atoms with Crippen molar-refractivity contribution in [2.75, 3.05) is 13.1 Å². The number of halogens is 2. The summed E-state index contributed by atoms with van der Waals surface area (Å²) >= 11 is 0. The fourth-order valence-electron chi connectivity index (χ4n) is 2.15. The van der Waals surface area contributed by atoms with Gasteiger partial charge in [0.05, 0.1) is 0 Å². The molecule has 16 heavy (non-hydrogen) atoms. The number of hydrogen-bond acceptors (Lipinski definition) is 2. The molecule has 1 fully saturated rings. The van der Waals surface area contributed by atoms with E-state index in [1.165, 1.54) is 12.1 Å². The van der Waals surface area contributed by atoms with Gasteiger partial charge in [-0.05, 0) is 31.0 Å². The molecule has 2 nitrogen and oxygen atoms in total. The molecule has 1 aromatic carbocycles. The van der Waals surface area contributed by atoms with Crippen LogP contribution in [0, 0.1) is 11.6 Å². The highest BCUT2D eigenvalue weighted by Crippen LogP contribution is 2.25. The molecule has 4 heteroatoms. The first-order chi connectivity index (χ1) is 7.58. The van der Waals surface area contributed by atoms with Crippen molar-refractivity contribution in [2.24, 2.45) is 5.73 Å². The highest BCUT2D eigenvalue weighted by atomic mass is 19.2. The summed E-state index contributed by atoms with van der Waals surface area (Å²) in [6.45, 7) is 3.73. The lowest BCUT2D eigenvalue weighted by atomic mass is 10.1. The van der Waals surface area contributed by atoms with Crippen LogP contribution >= 0.6 is 0 Å². The van der Waals surface area contributed by atoms with Crippen molar-refractivity contribution in [1.82, 2.24) is 4.90 Å². The second-order valence-electron chi connectivity index (χ2n) is 4.39. The van der Waals surface area contributed by atoms with E-state index in [4.69, 9.17) is 5.73 Å². The van der Waals surface area contributed by atoms with E-state index < -0.39 is 11.6 Å².